The van der Waals surface area contributed by atoms with Gasteiger partial charge in [-0.3, -0.25) is 0 Å². The largest absolute Gasteiger partial charge is 0.309 e. The predicted molar refractivity (Wildman–Crippen MR) is 118 cm³/mol. The first kappa shape index (κ1) is 15.0. The number of benzene rings is 4. The van der Waals surface area contributed by atoms with E-state index in [0.717, 1.165) is 0 Å². The SMILES string of the molecule is Cc1ccc2c3ccccc3n(-c3ccc4sc5ccccc5c4c3)c2c1. The summed E-state index contributed by atoms with van der Waals surface area (Å²) in [6.45, 7) is 2.16. The molecule has 0 fully saturated rings. The number of para-hydroxylation sites is 1. The van der Waals surface area contributed by atoms with Crippen molar-refractivity contribution < 1.29 is 0 Å². The van der Waals surface area contributed by atoms with E-state index in [0.29, 0.717) is 0 Å². The molecule has 128 valence electrons. The van der Waals surface area contributed by atoms with Crippen molar-refractivity contribution in [3.8, 4) is 5.69 Å². The zero-order valence-corrected chi connectivity index (χ0v) is 15.8. The number of aryl methyl sites for hydroxylation is 1. The Bertz CT molecular complexity index is 1480. The average molecular weight is 363 g/mol. The first-order valence-electron chi connectivity index (χ1n) is 9.21. The molecule has 2 heteroatoms. The Hall–Kier alpha value is -3.10. The van der Waals surface area contributed by atoms with Gasteiger partial charge in [0, 0.05) is 36.6 Å². The normalized spacial score (nSPS) is 11.9. The first-order valence-corrected chi connectivity index (χ1v) is 10.0. The summed E-state index contributed by atoms with van der Waals surface area (Å²) in [7, 11) is 0. The van der Waals surface area contributed by atoms with Gasteiger partial charge in [-0.15, -0.1) is 11.3 Å². The van der Waals surface area contributed by atoms with Gasteiger partial charge in [0.2, 0.25) is 0 Å². The lowest BCUT2D eigenvalue weighted by molar-refractivity contribution is 1.18. The molecule has 0 aliphatic carbocycles. The number of rotatable bonds is 1. The zero-order chi connectivity index (χ0) is 18.0. The van der Waals surface area contributed by atoms with Gasteiger partial charge in [-0.2, -0.15) is 0 Å². The Morgan fingerprint density at radius 3 is 2.26 bits per heavy atom. The number of aromatic nitrogens is 1. The molecular weight excluding hydrogens is 346 g/mol. The highest BCUT2D eigenvalue weighted by Crippen LogP contribution is 2.37. The third kappa shape index (κ3) is 2.11. The second-order valence-corrected chi connectivity index (χ2v) is 8.24. The third-order valence-corrected chi connectivity index (χ3v) is 6.60. The van der Waals surface area contributed by atoms with E-state index >= 15 is 0 Å². The molecule has 0 saturated carbocycles. The summed E-state index contributed by atoms with van der Waals surface area (Å²) in [5, 5.41) is 5.30. The lowest BCUT2D eigenvalue weighted by atomic mass is 10.1. The maximum Gasteiger partial charge on any atom is 0.0543 e. The van der Waals surface area contributed by atoms with Gasteiger partial charge in [-0.1, -0.05) is 48.5 Å². The molecule has 2 aromatic heterocycles. The molecule has 0 atom stereocenters. The van der Waals surface area contributed by atoms with E-state index in [1.165, 1.54) is 53.2 Å². The van der Waals surface area contributed by atoms with Crippen molar-refractivity contribution in [3.63, 3.8) is 0 Å². The summed E-state index contributed by atoms with van der Waals surface area (Å²) in [6.07, 6.45) is 0. The minimum absolute atomic E-state index is 1.22. The van der Waals surface area contributed by atoms with Gasteiger partial charge >= 0.3 is 0 Å². The molecule has 0 saturated heterocycles. The fourth-order valence-corrected chi connectivity index (χ4v) is 5.30. The van der Waals surface area contributed by atoms with Crippen molar-refractivity contribution >= 4 is 53.3 Å². The van der Waals surface area contributed by atoms with Crippen molar-refractivity contribution in [2.24, 2.45) is 0 Å². The van der Waals surface area contributed by atoms with Crippen LogP contribution in [0.2, 0.25) is 0 Å². The van der Waals surface area contributed by atoms with Crippen molar-refractivity contribution in [2.75, 3.05) is 0 Å². The summed E-state index contributed by atoms with van der Waals surface area (Å²) in [6, 6.07) is 31.0. The third-order valence-electron chi connectivity index (χ3n) is 5.45. The van der Waals surface area contributed by atoms with Gasteiger partial charge in [0.15, 0.2) is 0 Å². The first-order chi connectivity index (χ1) is 13.3. The van der Waals surface area contributed by atoms with E-state index in [-0.39, 0.29) is 0 Å². The van der Waals surface area contributed by atoms with Crippen LogP contribution in [0.4, 0.5) is 0 Å². The molecule has 1 nitrogen and oxygen atoms in total. The second kappa shape index (κ2) is 5.45. The lowest BCUT2D eigenvalue weighted by Crippen LogP contribution is -1.93. The summed E-state index contributed by atoms with van der Waals surface area (Å²) < 4.78 is 5.10. The summed E-state index contributed by atoms with van der Waals surface area (Å²) in [5.74, 6) is 0. The second-order valence-electron chi connectivity index (χ2n) is 7.15. The van der Waals surface area contributed by atoms with Crippen LogP contribution in [0.3, 0.4) is 0 Å². The maximum atomic E-state index is 2.41. The number of hydrogen-bond acceptors (Lipinski definition) is 1. The van der Waals surface area contributed by atoms with Crippen LogP contribution in [0, 0.1) is 6.92 Å². The van der Waals surface area contributed by atoms with Crippen LogP contribution in [0.1, 0.15) is 5.56 Å². The molecule has 0 N–H and O–H groups in total. The van der Waals surface area contributed by atoms with Crippen molar-refractivity contribution in [2.45, 2.75) is 6.92 Å². The quantitative estimate of drug-likeness (QED) is 0.286. The Morgan fingerprint density at radius 1 is 0.593 bits per heavy atom. The van der Waals surface area contributed by atoms with Gasteiger partial charge in [0.25, 0.3) is 0 Å². The van der Waals surface area contributed by atoms with Gasteiger partial charge in [-0.05, 0) is 48.9 Å². The van der Waals surface area contributed by atoms with Crippen LogP contribution in [0.5, 0.6) is 0 Å². The molecule has 6 rings (SSSR count). The standard InChI is InChI=1S/C25H17NS/c1-16-10-12-19-18-6-2-4-8-22(18)26(23(19)14-16)17-11-13-25-21(15-17)20-7-3-5-9-24(20)27-25/h2-15H,1H3. The van der Waals surface area contributed by atoms with E-state index in [9.17, 15) is 0 Å². The van der Waals surface area contributed by atoms with Crippen LogP contribution in [-0.2, 0) is 0 Å². The van der Waals surface area contributed by atoms with Crippen LogP contribution in [0.25, 0.3) is 47.7 Å². The van der Waals surface area contributed by atoms with Gasteiger partial charge in [0.1, 0.15) is 0 Å². The minimum Gasteiger partial charge on any atom is -0.309 e. The van der Waals surface area contributed by atoms with E-state index in [1.807, 2.05) is 11.3 Å². The fraction of sp³-hybridized carbons (Fsp3) is 0.0400. The van der Waals surface area contributed by atoms with Crippen LogP contribution in [0.15, 0.2) is 84.9 Å². The van der Waals surface area contributed by atoms with Crippen molar-refractivity contribution in [1.29, 1.82) is 0 Å². The smallest absolute Gasteiger partial charge is 0.0543 e. The Kier molecular flexibility index (Phi) is 3.03. The molecule has 0 radical (unpaired) electrons. The summed E-state index contributed by atoms with van der Waals surface area (Å²) >= 11 is 1.87. The highest BCUT2D eigenvalue weighted by molar-refractivity contribution is 7.25. The van der Waals surface area contributed by atoms with Crippen molar-refractivity contribution in [3.05, 3.63) is 90.5 Å². The highest BCUT2D eigenvalue weighted by atomic mass is 32.1. The van der Waals surface area contributed by atoms with E-state index < -0.39 is 0 Å². The topological polar surface area (TPSA) is 4.93 Å². The van der Waals surface area contributed by atoms with E-state index in [2.05, 4.69) is 96.4 Å². The molecule has 0 spiro atoms. The minimum atomic E-state index is 1.22. The molecular formula is C25H17NS. The monoisotopic (exact) mass is 363 g/mol. The molecule has 0 aliphatic heterocycles. The average Bonchev–Trinajstić information content (AvgIpc) is 3.22. The van der Waals surface area contributed by atoms with Crippen molar-refractivity contribution in [1.82, 2.24) is 4.57 Å². The maximum absolute atomic E-state index is 2.41. The lowest BCUT2D eigenvalue weighted by Gasteiger charge is -2.08. The van der Waals surface area contributed by atoms with Crippen LogP contribution < -0.4 is 0 Å². The summed E-state index contributed by atoms with van der Waals surface area (Å²) in [4.78, 5) is 0. The summed E-state index contributed by atoms with van der Waals surface area (Å²) in [5.41, 5.74) is 5.04. The van der Waals surface area contributed by atoms with Crippen LogP contribution >= 0.6 is 11.3 Å². The highest BCUT2D eigenvalue weighted by Gasteiger charge is 2.13. The number of hydrogen-bond donors (Lipinski definition) is 0. The number of fused-ring (bicyclic) bond motifs is 6. The van der Waals surface area contributed by atoms with Crippen LogP contribution in [-0.4, -0.2) is 4.57 Å². The fourth-order valence-electron chi connectivity index (χ4n) is 4.21. The van der Waals surface area contributed by atoms with Gasteiger partial charge in [-0.25, -0.2) is 0 Å². The molecule has 0 unspecified atom stereocenters. The van der Waals surface area contributed by atoms with Gasteiger partial charge in [0.05, 0.1) is 11.0 Å². The molecule has 0 aliphatic rings. The zero-order valence-electron chi connectivity index (χ0n) is 14.9. The van der Waals surface area contributed by atoms with E-state index in [1.54, 1.807) is 0 Å². The van der Waals surface area contributed by atoms with E-state index in [4.69, 9.17) is 0 Å². The predicted octanol–water partition coefficient (Wildman–Crippen LogP) is 7.46. The number of thiophene rings is 1. The number of nitrogens with zero attached hydrogens (tertiary/aromatic N) is 1. The Morgan fingerprint density at radius 2 is 1.33 bits per heavy atom. The molecule has 0 amide bonds. The molecule has 4 aromatic carbocycles. The molecule has 27 heavy (non-hydrogen) atoms. The molecule has 2 heterocycles. The van der Waals surface area contributed by atoms with Gasteiger partial charge < -0.3 is 4.57 Å². The molecule has 6 aromatic rings. The Labute approximate surface area is 161 Å². The Balaban J connectivity index is 1.76. The molecule has 0 bridgehead atoms.